The first-order chi connectivity index (χ1) is 40.5. The zero-order valence-electron chi connectivity index (χ0n) is 54.2. The Balaban J connectivity index is 4.28. The van der Waals surface area contributed by atoms with Crippen LogP contribution in [-0.2, 0) is 28.6 Å². The number of hydrogen-bond acceptors (Lipinski definition) is 6. The highest BCUT2D eigenvalue weighted by Crippen LogP contribution is 2.17. The molecule has 0 aromatic carbocycles. The molecule has 0 bridgehead atoms. The van der Waals surface area contributed by atoms with E-state index >= 15 is 0 Å². The fraction of sp³-hybridized carbons (Fsp3) is 0.750. The van der Waals surface area contributed by atoms with Crippen LogP contribution in [0.25, 0.3) is 0 Å². The van der Waals surface area contributed by atoms with E-state index < -0.39 is 6.10 Å². The lowest BCUT2D eigenvalue weighted by Gasteiger charge is -2.18. The van der Waals surface area contributed by atoms with E-state index in [0.717, 1.165) is 89.9 Å². The molecule has 6 heteroatoms. The first-order valence-corrected chi connectivity index (χ1v) is 35.2. The lowest BCUT2D eigenvalue weighted by molar-refractivity contribution is -0.167. The van der Waals surface area contributed by atoms with E-state index in [0.29, 0.717) is 19.3 Å². The lowest BCUT2D eigenvalue weighted by atomic mass is 10.0. The van der Waals surface area contributed by atoms with Crippen molar-refractivity contribution in [1.82, 2.24) is 0 Å². The van der Waals surface area contributed by atoms with Crippen LogP contribution in [0.1, 0.15) is 348 Å². The van der Waals surface area contributed by atoms with E-state index in [1.54, 1.807) is 0 Å². The van der Waals surface area contributed by atoms with Crippen LogP contribution >= 0.6 is 0 Å². The summed E-state index contributed by atoms with van der Waals surface area (Å²) in [5, 5.41) is 0. The minimum absolute atomic E-state index is 0.0962. The molecule has 0 aliphatic heterocycles. The molecule has 82 heavy (non-hydrogen) atoms. The van der Waals surface area contributed by atoms with Gasteiger partial charge < -0.3 is 14.2 Å². The summed E-state index contributed by atoms with van der Waals surface area (Å²) in [6.07, 6.45) is 94.5. The summed E-state index contributed by atoms with van der Waals surface area (Å²) in [7, 11) is 0. The van der Waals surface area contributed by atoms with E-state index in [4.69, 9.17) is 14.2 Å². The molecule has 6 nitrogen and oxygen atoms in total. The number of carbonyl (C=O) groups excluding carboxylic acids is 3. The van der Waals surface area contributed by atoms with Crippen molar-refractivity contribution in [3.8, 4) is 0 Å². The van der Waals surface area contributed by atoms with Crippen LogP contribution in [0.15, 0.2) is 97.2 Å². The number of unbranched alkanes of at least 4 members (excludes halogenated alkanes) is 37. The summed E-state index contributed by atoms with van der Waals surface area (Å²) in [5.74, 6) is -0.939. The smallest absolute Gasteiger partial charge is 0.306 e. The van der Waals surface area contributed by atoms with Gasteiger partial charge in [-0.25, -0.2) is 0 Å². The van der Waals surface area contributed by atoms with Crippen molar-refractivity contribution in [2.75, 3.05) is 13.2 Å². The Morgan fingerprint density at radius 1 is 0.256 bits per heavy atom. The highest BCUT2D eigenvalue weighted by Gasteiger charge is 2.19. The molecule has 0 amide bonds. The summed E-state index contributed by atoms with van der Waals surface area (Å²) < 4.78 is 16.9. The molecule has 0 N–H and O–H groups in total. The summed E-state index contributed by atoms with van der Waals surface area (Å²) >= 11 is 0. The van der Waals surface area contributed by atoms with E-state index in [1.807, 2.05) is 0 Å². The topological polar surface area (TPSA) is 78.9 Å². The number of hydrogen-bond donors (Lipinski definition) is 0. The number of carbonyl (C=O) groups is 3. The van der Waals surface area contributed by atoms with Crippen molar-refractivity contribution in [2.24, 2.45) is 0 Å². The maximum absolute atomic E-state index is 12.9. The third-order valence-corrected chi connectivity index (χ3v) is 15.3. The summed E-state index contributed by atoms with van der Waals surface area (Å²) in [5.41, 5.74) is 0. The van der Waals surface area contributed by atoms with Crippen molar-refractivity contribution in [3.63, 3.8) is 0 Å². The van der Waals surface area contributed by atoms with Gasteiger partial charge in [-0.15, -0.1) is 0 Å². The Morgan fingerprint density at radius 3 is 0.780 bits per heavy atom. The molecule has 0 aromatic rings. The molecule has 472 valence electrons. The second-order valence-electron chi connectivity index (χ2n) is 23.4. The first kappa shape index (κ1) is 78.3. The van der Waals surface area contributed by atoms with Crippen LogP contribution in [0.2, 0.25) is 0 Å². The van der Waals surface area contributed by atoms with Crippen molar-refractivity contribution < 1.29 is 28.6 Å². The Bertz CT molecular complexity index is 1590. The second-order valence-corrected chi connectivity index (χ2v) is 23.4. The largest absolute Gasteiger partial charge is 0.462 e. The van der Waals surface area contributed by atoms with Gasteiger partial charge in [0, 0.05) is 19.3 Å². The summed E-state index contributed by atoms with van der Waals surface area (Å²) in [4.78, 5) is 38.4. The Kier molecular flexibility index (Phi) is 66.7. The maximum Gasteiger partial charge on any atom is 0.306 e. The van der Waals surface area contributed by atoms with Crippen LogP contribution < -0.4 is 0 Å². The van der Waals surface area contributed by atoms with E-state index in [2.05, 4.69) is 118 Å². The molecule has 0 aromatic heterocycles. The zero-order chi connectivity index (χ0) is 59.2. The molecule has 0 fully saturated rings. The van der Waals surface area contributed by atoms with Crippen LogP contribution in [0.3, 0.4) is 0 Å². The summed E-state index contributed by atoms with van der Waals surface area (Å²) in [6.45, 7) is 6.51. The van der Waals surface area contributed by atoms with Gasteiger partial charge in [-0.05, 0) is 96.3 Å². The van der Waals surface area contributed by atoms with Crippen molar-refractivity contribution in [3.05, 3.63) is 97.2 Å². The SMILES string of the molecule is CC/C=C\C/C=C\C/C=C\C/C=C\C/C=C\CCCC(=O)OC(COC(=O)CCCCCCCCCCCCCCCCCC)COC(=O)CCCCCCCCCCCCCCCCCC/C=C\C/C=C\C/C=C\CCCCCCC. The summed E-state index contributed by atoms with van der Waals surface area (Å²) in [6, 6.07) is 0. The molecule has 0 radical (unpaired) electrons. The molecular formula is C76H132O6. The lowest BCUT2D eigenvalue weighted by Crippen LogP contribution is -2.30. The standard InChI is InChI=1S/C76H132O6/c1-4-7-10-13-16-19-22-25-28-31-32-33-34-35-36-37-38-39-40-41-42-43-44-46-48-51-54-57-60-63-66-69-75(78)81-72-73(71-80-74(77)68-65-62-59-56-53-50-47-30-27-24-21-18-15-12-9-6-3)82-76(79)70-67-64-61-58-55-52-49-45-29-26-23-20-17-14-11-8-5-2/h8,11,17,20,22,25-26,29,31-32,34-35,49,52,58,61,73H,4-7,9-10,12-16,18-19,21,23-24,27-28,30,33,36-48,50-51,53-57,59-60,62-72H2,1-3H3/b11-8-,20-17-,25-22-,29-26-,32-31-,35-34-,52-49-,61-58-. The van der Waals surface area contributed by atoms with Gasteiger partial charge in [-0.1, -0.05) is 330 Å². The number of rotatable bonds is 64. The van der Waals surface area contributed by atoms with Gasteiger partial charge in [0.2, 0.25) is 0 Å². The van der Waals surface area contributed by atoms with Crippen molar-refractivity contribution >= 4 is 17.9 Å². The van der Waals surface area contributed by atoms with Crippen LogP contribution in [0, 0.1) is 0 Å². The Labute approximate surface area is 508 Å². The predicted molar refractivity (Wildman–Crippen MR) is 357 cm³/mol. The van der Waals surface area contributed by atoms with E-state index in [1.165, 1.54) is 212 Å². The molecular weight excluding hydrogens is 1010 g/mol. The normalized spacial score (nSPS) is 12.7. The highest BCUT2D eigenvalue weighted by atomic mass is 16.6. The molecule has 0 spiro atoms. The van der Waals surface area contributed by atoms with Crippen LogP contribution in [-0.4, -0.2) is 37.2 Å². The quantitative estimate of drug-likeness (QED) is 0.0261. The molecule has 0 aliphatic rings. The van der Waals surface area contributed by atoms with Crippen LogP contribution in [0.4, 0.5) is 0 Å². The number of ether oxygens (including phenoxy) is 3. The first-order valence-electron chi connectivity index (χ1n) is 35.2. The average molecular weight is 1140 g/mol. The second kappa shape index (κ2) is 69.8. The minimum atomic E-state index is -0.807. The van der Waals surface area contributed by atoms with Gasteiger partial charge >= 0.3 is 17.9 Å². The van der Waals surface area contributed by atoms with Gasteiger partial charge in [0.25, 0.3) is 0 Å². The van der Waals surface area contributed by atoms with Crippen molar-refractivity contribution in [1.29, 1.82) is 0 Å². The fourth-order valence-corrected chi connectivity index (χ4v) is 10.1. The fourth-order valence-electron chi connectivity index (χ4n) is 10.1. The Morgan fingerprint density at radius 2 is 0.488 bits per heavy atom. The molecule has 0 aliphatic carbocycles. The van der Waals surface area contributed by atoms with Gasteiger partial charge in [-0.3, -0.25) is 14.4 Å². The van der Waals surface area contributed by atoms with Gasteiger partial charge in [-0.2, -0.15) is 0 Å². The van der Waals surface area contributed by atoms with Gasteiger partial charge in [0.15, 0.2) is 6.10 Å². The zero-order valence-corrected chi connectivity index (χ0v) is 54.2. The van der Waals surface area contributed by atoms with Crippen molar-refractivity contribution in [2.45, 2.75) is 354 Å². The third kappa shape index (κ3) is 67.1. The predicted octanol–water partition coefficient (Wildman–Crippen LogP) is 24.4. The van der Waals surface area contributed by atoms with E-state index in [9.17, 15) is 14.4 Å². The van der Waals surface area contributed by atoms with E-state index in [-0.39, 0.29) is 37.5 Å². The average Bonchev–Trinajstić information content (AvgIpc) is 3.47. The Hall–Kier alpha value is -3.67. The minimum Gasteiger partial charge on any atom is -0.462 e. The van der Waals surface area contributed by atoms with Gasteiger partial charge in [0.05, 0.1) is 0 Å². The van der Waals surface area contributed by atoms with Crippen LogP contribution in [0.5, 0.6) is 0 Å². The molecule has 0 heterocycles. The third-order valence-electron chi connectivity index (χ3n) is 15.3. The molecule has 0 saturated heterocycles. The molecule has 1 unspecified atom stereocenters. The number of esters is 3. The number of allylic oxidation sites excluding steroid dienone is 16. The maximum atomic E-state index is 12.9. The van der Waals surface area contributed by atoms with Gasteiger partial charge in [0.1, 0.15) is 13.2 Å². The molecule has 1 atom stereocenters. The molecule has 0 rings (SSSR count). The highest BCUT2D eigenvalue weighted by molar-refractivity contribution is 5.71. The molecule has 0 saturated carbocycles. The monoisotopic (exact) mass is 1140 g/mol.